The highest BCUT2D eigenvalue weighted by molar-refractivity contribution is 5.26. The van der Waals surface area contributed by atoms with Crippen LogP contribution in [0.1, 0.15) is 32.7 Å². The maximum absolute atomic E-state index is 4.38. The van der Waals surface area contributed by atoms with Gasteiger partial charge in [-0.2, -0.15) is 0 Å². The lowest BCUT2D eigenvalue weighted by Gasteiger charge is -2.29. The number of aromatic nitrogens is 2. The average molecular weight is 236 g/mol. The predicted molar refractivity (Wildman–Crippen MR) is 71.3 cm³/mol. The summed E-state index contributed by atoms with van der Waals surface area (Å²) in [5, 5.41) is 3.49. The molecule has 0 aromatic carbocycles. The van der Waals surface area contributed by atoms with Gasteiger partial charge in [0, 0.05) is 25.0 Å². The summed E-state index contributed by atoms with van der Waals surface area (Å²) in [6.07, 6.45) is 6.51. The fraction of sp³-hybridized carbons (Fsp3) is 0.769. The van der Waals surface area contributed by atoms with Gasteiger partial charge in [0.05, 0.1) is 0 Å². The van der Waals surface area contributed by atoms with Crippen LogP contribution >= 0.6 is 0 Å². The molecule has 4 heteroatoms. The maximum Gasteiger partial charge on any atom is 0.203 e. The molecule has 1 fully saturated rings. The summed E-state index contributed by atoms with van der Waals surface area (Å²) in [6, 6.07) is 0.470. The summed E-state index contributed by atoms with van der Waals surface area (Å²) in [4.78, 5) is 6.79. The molecule has 17 heavy (non-hydrogen) atoms. The highest BCUT2D eigenvalue weighted by Crippen LogP contribution is 2.18. The lowest BCUT2D eigenvalue weighted by molar-refractivity contribution is 0.226. The summed E-state index contributed by atoms with van der Waals surface area (Å²) in [6.45, 7) is 7.87. The van der Waals surface area contributed by atoms with E-state index >= 15 is 0 Å². The summed E-state index contributed by atoms with van der Waals surface area (Å²) in [7, 11) is 2.20. The van der Waals surface area contributed by atoms with E-state index in [-0.39, 0.29) is 0 Å². The highest BCUT2D eigenvalue weighted by Gasteiger charge is 2.17. The molecule has 0 bridgehead atoms. The van der Waals surface area contributed by atoms with Gasteiger partial charge in [0.25, 0.3) is 0 Å². The number of nitrogens with zero attached hydrogens (tertiary/aromatic N) is 3. The first-order chi connectivity index (χ1) is 8.16. The van der Waals surface area contributed by atoms with Gasteiger partial charge in [0.15, 0.2) is 0 Å². The number of likely N-dealkylation sites (tertiary alicyclic amines) is 1. The predicted octanol–water partition coefficient (Wildman–Crippen LogP) is 2.22. The SMILES string of the molecule is CC(C)n1ccnc1NCC1CCN(C)CC1. The van der Waals surface area contributed by atoms with Gasteiger partial charge >= 0.3 is 0 Å². The lowest BCUT2D eigenvalue weighted by Crippen LogP contribution is -2.33. The Labute approximate surface area is 104 Å². The van der Waals surface area contributed by atoms with Crippen LogP contribution in [0.5, 0.6) is 0 Å². The van der Waals surface area contributed by atoms with Crippen molar-refractivity contribution in [2.45, 2.75) is 32.7 Å². The minimum absolute atomic E-state index is 0.470. The monoisotopic (exact) mass is 236 g/mol. The van der Waals surface area contributed by atoms with Gasteiger partial charge in [0.1, 0.15) is 0 Å². The zero-order valence-corrected chi connectivity index (χ0v) is 11.2. The normalized spacial score (nSPS) is 18.8. The first-order valence-electron chi connectivity index (χ1n) is 6.62. The van der Waals surface area contributed by atoms with Crippen molar-refractivity contribution in [2.24, 2.45) is 5.92 Å². The van der Waals surface area contributed by atoms with Crippen LogP contribution in [0, 0.1) is 5.92 Å². The van der Waals surface area contributed by atoms with Gasteiger partial charge in [-0.3, -0.25) is 0 Å². The van der Waals surface area contributed by atoms with Crippen LogP contribution in [0.4, 0.5) is 5.95 Å². The lowest BCUT2D eigenvalue weighted by atomic mass is 9.97. The van der Waals surface area contributed by atoms with Gasteiger partial charge in [-0.25, -0.2) is 4.98 Å². The van der Waals surface area contributed by atoms with Crippen LogP contribution < -0.4 is 5.32 Å². The van der Waals surface area contributed by atoms with Gasteiger partial charge < -0.3 is 14.8 Å². The second kappa shape index (κ2) is 5.54. The number of nitrogens with one attached hydrogen (secondary N) is 1. The van der Waals surface area contributed by atoms with E-state index in [0.717, 1.165) is 18.4 Å². The zero-order chi connectivity index (χ0) is 12.3. The van der Waals surface area contributed by atoms with E-state index in [0.29, 0.717) is 6.04 Å². The molecule has 0 atom stereocenters. The van der Waals surface area contributed by atoms with E-state index in [2.05, 4.69) is 40.7 Å². The number of rotatable bonds is 4. The fourth-order valence-corrected chi connectivity index (χ4v) is 2.37. The Bertz CT molecular complexity index is 337. The van der Waals surface area contributed by atoms with E-state index in [1.54, 1.807) is 0 Å². The standard InChI is InChI=1S/C13H24N4/c1-11(2)17-9-6-14-13(17)15-10-12-4-7-16(3)8-5-12/h6,9,11-12H,4-5,7-8,10H2,1-3H3,(H,14,15). The Morgan fingerprint density at radius 3 is 2.76 bits per heavy atom. The largest absolute Gasteiger partial charge is 0.355 e. The van der Waals surface area contributed by atoms with E-state index in [1.165, 1.54) is 25.9 Å². The second-order valence-corrected chi connectivity index (χ2v) is 5.38. The van der Waals surface area contributed by atoms with E-state index < -0.39 is 0 Å². The Morgan fingerprint density at radius 1 is 1.41 bits per heavy atom. The summed E-state index contributed by atoms with van der Waals surface area (Å²) in [5.41, 5.74) is 0. The van der Waals surface area contributed by atoms with E-state index in [1.807, 2.05) is 12.4 Å². The van der Waals surface area contributed by atoms with Crippen LogP contribution in [0.15, 0.2) is 12.4 Å². The molecule has 0 aliphatic carbocycles. The molecule has 0 spiro atoms. The molecule has 1 aromatic rings. The molecular weight excluding hydrogens is 212 g/mol. The minimum atomic E-state index is 0.470. The van der Waals surface area contributed by atoms with Gasteiger partial charge in [0.2, 0.25) is 5.95 Å². The molecule has 2 rings (SSSR count). The van der Waals surface area contributed by atoms with E-state index in [9.17, 15) is 0 Å². The van der Waals surface area contributed by atoms with Crippen LogP contribution in [0.25, 0.3) is 0 Å². The summed E-state index contributed by atoms with van der Waals surface area (Å²) in [5.74, 6) is 1.81. The van der Waals surface area contributed by atoms with Gasteiger partial charge in [-0.15, -0.1) is 0 Å². The van der Waals surface area contributed by atoms with E-state index in [4.69, 9.17) is 0 Å². The summed E-state index contributed by atoms with van der Waals surface area (Å²) >= 11 is 0. The van der Waals surface area contributed by atoms with Gasteiger partial charge in [-0.05, 0) is 52.7 Å². The van der Waals surface area contributed by atoms with Crippen LogP contribution in [-0.2, 0) is 0 Å². The van der Waals surface area contributed by atoms with Crippen molar-refractivity contribution in [1.29, 1.82) is 0 Å². The quantitative estimate of drug-likeness (QED) is 0.870. The van der Waals surface area contributed by atoms with Crippen molar-refractivity contribution in [3.63, 3.8) is 0 Å². The Morgan fingerprint density at radius 2 is 2.12 bits per heavy atom. The molecule has 4 nitrogen and oxygen atoms in total. The zero-order valence-electron chi connectivity index (χ0n) is 11.2. The van der Waals surface area contributed by atoms with Crippen LogP contribution in [0.3, 0.4) is 0 Å². The molecule has 1 N–H and O–H groups in total. The molecule has 1 aliphatic rings. The third kappa shape index (κ3) is 3.22. The highest BCUT2D eigenvalue weighted by atomic mass is 15.2. The smallest absolute Gasteiger partial charge is 0.203 e. The van der Waals surface area contributed by atoms with Gasteiger partial charge in [-0.1, -0.05) is 0 Å². The molecule has 2 heterocycles. The Hall–Kier alpha value is -1.03. The molecule has 96 valence electrons. The van der Waals surface area contributed by atoms with Crippen molar-refractivity contribution >= 4 is 5.95 Å². The number of imidazole rings is 1. The van der Waals surface area contributed by atoms with Crippen molar-refractivity contribution in [2.75, 3.05) is 32.0 Å². The molecule has 1 aliphatic heterocycles. The summed E-state index contributed by atoms with van der Waals surface area (Å²) < 4.78 is 2.19. The number of piperidine rings is 1. The second-order valence-electron chi connectivity index (χ2n) is 5.38. The molecule has 1 aromatic heterocycles. The Kier molecular flexibility index (Phi) is 4.05. The molecule has 0 amide bonds. The number of anilines is 1. The fourth-order valence-electron chi connectivity index (χ4n) is 2.37. The number of hydrogen-bond acceptors (Lipinski definition) is 3. The number of hydrogen-bond donors (Lipinski definition) is 1. The first-order valence-corrected chi connectivity index (χ1v) is 6.62. The maximum atomic E-state index is 4.38. The molecule has 0 saturated carbocycles. The molecule has 0 radical (unpaired) electrons. The third-order valence-corrected chi connectivity index (χ3v) is 3.61. The molecular formula is C13H24N4. The van der Waals surface area contributed by atoms with Crippen molar-refractivity contribution in [1.82, 2.24) is 14.5 Å². The minimum Gasteiger partial charge on any atom is -0.355 e. The Balaban J connectivity index is 1.83. The van der Waals surface area contributed by atoms with Crippen molar-refractivity contribution < 1.29 is 0 Å². The van der Waals surface area contributed by atoms with Crippen LogP contribution in [0.2, 0.25) is 0 Å². The van der Waals surface area contributed by atoms with Crippen molar-refractivity contribution in [3.8, 4) is 0 Å². The van der Waals surface area contributed by atoms with Crippen LogP contribution in [-0.4, -0.2) is 41.1 Å². The topological polar surface area (TPSA) is 33.1 Å². The molecule has 1 saturated heterocycles. The third-order valence-electron chi connectivity index (χ3n) is 3.61. The molecule has 0 unspecified atom stereocenters. The van der Waals surface area contributed by atoms with Crippen molar-refractivity contribution in [3.05, 3.63) is 12.4 Å². The first kappa shape index (κ1) is 12.4. The average Bonchev–Trinajstić information content (AvgIpc) is 2.76.